The second kappa shape index (κ2) is 7.22. The summed E-state index contributed by atoms with van der Waals surface area (Å²) in [5, 5.41) is 3.02. The molecule has 0 saturated heterocycles. The zero-order valence-corrected chi connectivity index (χ0v) is 13.2. The number of nitrogens with zero attached hydrogens (tertiary/aromatic N) is 1. The van der Waals surface area contributed by atoms with E-state index in [9.17, 15) is 4.39 Å². The molecular formula is C13H12BrClFNOS. The van der Waals surface area contributed by atoms with Crippen molar-refractivity contribution in [1.29, 1.82) is 0 Å². The Morgan fingerprint density at radius 3 is 2.95 bits per heavy atom. The molecule has 2 rings (SSSR count). The summed E-state index contributed by atoms with van der Waals surface area (Å²) >= 11 is 10.4. The van der Waals surface area contributed by atoms with Crippen LogP contribution in [-0.2, 0) is 12.3 Å². The number of aryl methyl sites for hydroxylation is 1. The number of halogens is 3. The molecule has 0 bridgehead atoms. The highest BCUT2D eigenvalue weighted by molar-refractivity contribution is 9.10. The van der Waals surface area contributed by atoms with E-state index in [1.54, 1.807) is 23.5 Å². The van der Waals surface area contributed by atoms with Crippen molar-refractivity contribution in [3.05, 3.63) is 44.6 Å². The van der Waals surface area contributed by atoms with Crippen molar-refractivity contribution in [3.63, 3.8) is 0 Å². The van der Waals surface area contributed by atoms with Gasteiger partial charge in [-0.05, 0) is 34.5 Å². The molecule has 1 aromatic carbocycles. The van der Waals surface area contributed by atoms with Gasteiger partial charge in [0, 0.05) is 17.9 Å². The Labute approximate surface area is 128 Å². The van der Waals surface area contributed by atoms with Gasteiger partial charge in [0.15, 0.2) is 0 Å². The molecule has 0 N–H and O–H groups in total. The third-order valence-corrected chi connectivity index (χ3v) is 4.31. The van der Waals surface area contributed by atoms with Gasteiger partial charge in [0.1, 0.15) is 11.6 Å². The van der Waals surface area contributed by atoms with E-state index in [2.05, 4.69) is 20.9 Å². The van der Waals surface area contributed by atoms with Crippen LogP contribution in [0.4, 0.5) is 4.39 Å². The minimum atomic E-state index is -0.316. The Morgan fingerprint density at radius 2 is 2.26 bits per heavy atom. The maximum Gasteiger partial charge on any atom is 0.141 e. The lowest BCUT2D eigenvalue weighted by Crippen LogP contribution is -1.99. The van der Waals surface area contributed by atoms with Gasteiger partial charge in [-0.25, -0.2) is 9.37 Å². The van der Waals surface area contributed by atoms with Crippen LogP contribution in [0.15, 0.2) is 28.1 Å². The first-order valence-corrected chi connectivity index (χ1v) is 7.97. The van der Waals surface area contributed by atoms with Crippen molar-refractivity contribution in [2.45, 2.75) is 18.7 Å². The van der Waals surface area contributed by atoms with Gasteiger partial charge in [-0.15, -0.1) is 22.9 Å². The minimum absolute atomic E-state index is 0.316. The fraction of sp³-hybridized carbons (Fsp3) is 0.308. The molecule has 0 aliphatic rings. The molecule has 0 radical (unpaired) electrons. The molecule has 19 heavy (non-hydrogen) atoms. The van der Waals surface area contributed by atoms with Crippen molar-refractivity contribution in [3.8, 4) is 5.75 Å². The fourth-order valence-corrected chi connectivity index (χ4v) is 2.82. The first-order chi connectivity index (χ1) is 9.19. The summed E-state index contributed by atoms with van der Waals surface area (Å²) in [6, 6.07) is 4.75. The van der Waals surface area contributed by atoms with Crippen molar-refractivity contribution < 1.29 is 9.13 Å². The summed E-state index contributed by atoms with van der Waals surface area (Å²) in [6.45, 7) is 0.539. The van der Waals surface area contributed by atoms with Crippen molar-refractivity contribution in [1.82, 2.24) is 4.98 Å². The van der Waals surface area contributed by atoms with Crippen molar-refractivity contribution in [2.24, 2.45) is 0 Å². The summed E-state index contributed by atoms with van der Waals surface area (Å²) in [7, 11) is 0. The van der Waals surface area contributed by atoms with Crippen LogP contribution in [0.1, 0.15) is 17.1 Å². The molecule has 2 nitrogen and oxygen atoms in total. The van der Waals surface area contributed by atoms with Gasteiger partial charge < -0.3 is 4.74 Å². The Hall–Kier alpha value is -0.650. The highest BCUT2D eigenvalue weighted by Crippen LogP contribution is 2.21. The van der Waals surface area contributed by atoms with E-state index in [0.29, 0.717) is 22.7 Å². The number of alkyl halides is 1. The molecule has 1 heterocycles. The summed E-state index contributed by atoms with van der Waals surface area (Å²) in [6.07, 6.45) is 1.69. The van der Waals surface area contributed by atoms with E-state index < -0.39 is 0 Å². The summed E-state index contributed by atoms with van der Waals surface area (Å²) in [5.41, 5.74) is 0.914. The van der Waals surface area contributed by atoms with E-state index in [1.807, 2.05) is 5.38 Å². The van der Waals surface area contributed by atoms with Crippen LogP contribution >= 0.6 is 38.9 Å². The standard InChI is InChI=1S/C13H12BrClFNOS/c14-11-4-3-10(6-12(11)16)18-5-1-2-13-17-9(7-15)8-19-13/h3-4,6,8H,1-2,5,7H2. The molecule has 0 amide bonds. The third-order valence-electron chi connectivity index (χ3n) is 2.43. The largest absolute Gasteiger partial charge is 0.493 e. The van der Waals surface area contributed by atoms with Gasteiger partial charge in [-0.1, -0.05) is 0 Å². The molecule has 0 fully saturated rings. The number of ether oxygens (including phenoxy) is 1. The fourth-order valence-electron chi connectivity index (χ4n) is 1.51. The summed E-state index contributed by atoms with van der Waals surface area (Å²) < 4.78 is 19.2. The molecule has 0 spiro atoms. The maximum atomic E-state index is 13.2. The number of aromatic nitrogens is 1. The molecule has 6 heteroatoms. The van der Waals surface area contributed by atoms with E-state index in [-0.39, 0.29) is 5.82 Å². The first kappa shape index (κ1) is 14.8. The van der Waals surface area contributed by atoms with E-state index in [0.717, 1.165) is 23.5 Å². The lowest BCUT2D eigenvalue weighted by atomic mass is 10.3. The first-order valence-electron chi connectivity index (χ1n) is 5.76. The SMILES string of the molecule is Fc1cc(OCCCc2nc(CCl)cs2)ccc1Br. The second-order valence-electron chi connectivity index (χ2n) is 3.89. The Bertz CT molecular complexity index is 549. The quantitative estimate of drug-likeness (QED) is 0.543. The predicted octanol–water partition coefficient (Wildman–Crippen LogP) is 4.80. The van der Waals surface area contributed by atoms with Gasteiger partial charge in [0.25, 0.3) is 0 Å². The monoisotopic (exact) mass is 363 g/mol. The van der Waals surface area contributed by atoms with E-state index in [1.165, 1.54) is 6.07 Å². The second-order valence-corrected chi connectivity index (χ2v) is 5.96. The van der Waals surface area contributed by atoms with Crippen LogP contribution in [0.2, 0.25) is 0 Å². The van der Waals surface area contributed by atoms with Crippen LogP contribution < -0.4 is 4.74 Å². The van der Waals surface area contributed by atoms with Gasteiger partial charge >= 0.3 is 0 Å². The van der Waals surface area contributed by atoms with Gasteiger partial charge in [-0.2, -0.15) is 0 Å². The molecule has 0 atom stereocenters. The number of thiazole rings is 1. The summed E-state index contributed by atoms with van der Waals surface area (Å²) in [5.74, 6) is 0.677. The van der Waals surface area contributed by atoms with E-state index >= 15 is 0 Å². The van der Waals surface area contributed by atoms with Crippen LogP contribution in [0.3, 0.4) is 0 Å². The number of rotatable bonds is 6. The zero-order valence-electron chi connectivity index (χ0n) is 10.0. The number of benzene rings is 1. The van der Waals surface area contributed by atoms with Crippen molar-refractivity contribution in [2.75, 3.05) is 6.61 Å². The molecule has 102 valence electrons. The minimum Gasteiger partial charge on any atom is -0.493 e. The van der Waals surface area contributed by atoms with Gasteiger partial charge in [0.2, 0.25) is 0 Å². The summed E-state index contributed by atoms with van der Waals surface area (Å²) in [4.78, 5) is 4.36. The number of hydrogen-bond donors (Lipinski definition) is 0. The predicted molar refractivity (Wildman–Crippen MR) is 79.6 cm³/mol. The van der Waals surface area contributed by atoms with Gasteiger partial charge in [0.05, 0.1) is 27.7 Å². The molecule has 1 aromatic heterocycles. The molecular weight excluding hydrogens is 353 g/mol. The average molecular weight is 365 g/mol. The smallest absolute Gasteiger partial charge is 0.141 e. The topological polar surface area (TPSA) is 22.1 Å². The number of hydrogen-bond acceptors (Lipinski definition) is 3. The van der Waals surface area contributed by atoms with E-state index in [4.69, 9.17) is 16.3 Å². The Balaban J connectivity index is 1.75. The Morgan fingerprint density at radius 1 is 1.42 bits per heavy atom. The molecule has 0 unspecified atom stereocenters. The molecule has 0 saturated carbocycles. The molecule has 0 aliphatic carbocycles. The van der Waals surface area contributed by atoms with Crippen LogP contribution in [0.25, 0.3) is 0 Å². The maximum absolute atomic E-state index is 13.2. The van der Waals surface area contributed by atoms with Crippen LogP contribution in [0.5, 0.6) is 5.75 Å². The molecule has 2 aromatic rings. The highest BCUT2D eigenvalue weighted by Gasteiger charge is 2.03. The van der Waals surface area contributed by atoms with Crippen LogP contribution in [0, 0.1) is 5.82 Å². The van der Waals surface area contributed by atoms with Crippen LogP contribution in [-0.4, -0.2) is 11.6 Å². The average Bonchev–Trinajstić information content (AvgIpc) is 2.87. The Kier molecular flexibility index (Phi) is 5.60. The highest BCUT2D eigenvalue weighted by atomic mass is 79.9. The lowest BCUT2D eigenvalue weighted by molar-refractivity contribution is 0.309. The van der Waals surface area contributed by atoms with Gasteiger partial charge in [-0.3, -0.25) is 0 Å². The normalized spacial score (nSPS) is 10.7. The third kappa shape index (κ3) is 4.44. The van der Waals surface area contributed by atoms with Crippen molar-refractivity contribution >= 4 is 38.9 Å². The lowest BCUT2D eigenvalue weighted by Gasteiger charge is -2.05. The zero-order chi connectivity index (χ0) is 13.7. The molecule has 0 aliphatic heterocycles.